The predicted molar refractivity (Wildman–Crippen MR) is 100 cm³/mol. The molecule has 138 valence electrons. The Bertz CT molecular complexity index is 713. The van der Waals surface area contributed by atoms with Crippen LogP contribution in [0, 0.1) is 0 Å². The SMILES string of the molecule is CCOc1ccc([C@H](CC(=O)O)NC(=O)C[C@H](C)c2ccccc2)cc1. The number of rotatable bonds is 9. The van der Waals surface area contributed by atoms with Crippen LogP contribution in [0.15, 0.2) is 54.6 Å². The van der Waals surface area contributed by atoms with Gasteiger partial charge in [-0.2, -0.15) is 0 Å². The fraction of sp³-hybridized carbons (Fsp3) is 0.333. The van der Waals surface area contributed by atoms with Crippen molar-refractivity contribution in [1.82, 2.24) is 5.32 Å². The van der Waals surface area contributed by atoms with Crippen LogP contribution in [0.2, 0.25) is 0 Å². The van der Waals surface area contributed by atoms with Crippen molar-refractivity contribution >= 4 is 11.9 Å². The summed E-state index contributed by atoms with van der Waals surface area (Å²) in [5, 5.41) is 12.0. The van der Waals surface area contributed by atoms with E-state index in [2.05, 4.69) is 5.32 Å². The second kappa shape index (κ2) is 9.61. The van der Waals surface area contributed by atoms with Gasteiger partial charge >= 0.3 is 5.97 Å². The molecule has 0 aliphatic carbocycles. The van der Waals surface area contributed by atoms with Crippen molar-refractivity contribution in [2.75, 3.05) is 6.61 Å². The number of carboxylic acids is 1. The van der Waals surface area contributed by atoms with Gasteiger partial charge in [0.1, 0.15) is 5.75 Å². The van der Waals surface area contributed by atoms with Crippen LogP contribution in [0.25, 0.3) is 0 Å². The fourth-order valence-corrected chi connectivity index (χ4v) is 2.82. The van der Waals surface area contributed by atoms with Gasteiger partial charge in [-0.05, 0) is 36.1 Å². The largest absolute Gasteiger partial charge is 0.494 e. The van der Waals surface area contributed by atoms with Gasteiger partial charge in [-0.1, -0.05) is 49.4 Å². The standard InChI is InChI=1S/C21H25NO4/c1-3-26-18-11-9-17(10-12-18)19(14-21(24)25)22-20(23)13-15(2)16-7-5-4-6-8-16/h4-12,15,19H,3,13-14H2,1-2H3,(H,22,23)(H,24,25)/t15-,19-/m0/s1. The molecular weight excluding hydrogens is 330 g/mol. The van der Waals surface area contributed by atoms with E-state index >= 15 is 0 Å². The number of benzene rings is 2. The first-order valence-electron chi connectivity index (χ1n) is 8.78. The highest BCUT2D eigenvalue weighted by Crippen LogP contribution is 2.23. The summed E-state index contributed by atoms with van der Waals surface area (Å²) in [7, 11) is 0. The monoisotopic (exact) mass is 355 g/mol. The number of aliphatic carboxylic acids is 1. The first-order chi connectivity index (χ1) is 12.5. The molecule has 2 N–H and O–H groups in total. The zero-order valence-electron chi connectivity index (χ0n) is 15.1. The Hall–Kier alpha value is -2.82. The van der Waals surface area contributed by atoms with Crippen LogP contribution >= 0.6 is 0 Å². The number of carbonyl (C=O) groups is 2. The van der Waals surface area contributed by atoms with E-state index in [1.54, 1.807) is 24.3 Å². The van der Waals surface area contributed by atoms with Gasteiger partial charge in [0.2, 0.25) is 5.91 Å². The molecule has 0 radical (unpaired) electrons. The van der Waals surface area contributed by atoms with Gasteiger partial charge in [0, 0.05) is 6.42 Å². The Morgan fingerprint density at radius 2 is 1.65 bits per heavy atom. The predicted octanol–water partition coefficient (Wildman–Crippen LogP) is 3.91. The van der Waals surface area contributed by atoms with E-state index in [9.17, 15) is 14.7 Å². The molecule has 2 rings (SSSR count). The summed E-state index contributed by atoms with van der Waals surface area (Å²) in [6, 6.07) is 16.4. The van der Waals surface area contributed by atoms with E-state index < -0.39 is 12.0 Å². The summed E-state index contributed by atoms with van der Waals surface area (Å²) < 4.78 is 5.40. The minimum Gasteiger partial charge on any atom is -0.494 e. The van der Waals surface area contributed by atoms with Crippen molar-refractivity contribution in [2.45, 2.75) is 38.6 Å². The van der Waals surface area contributed by atoms with Crippen LogP contribution in [0.5, 0.6) is 5.75 Å². The molecule has 0 bridgehead atoms. The van der Waals surface area contributed by atoms with E-state index in [0.717, 1.165) is 11.1 Å². The molecule has 2 aromatic rings. The minimum absolute atomic E-state index is 0.0574. The summed E-state index contributed by atoms with van der Waals surface area (Å²) in [5.74, 6) is -0.349. The van der Waals surface area contributed by atoms with Crippen LogP contribution in [0.1, 0.15) is 49.8 Å². The van der Waals surface area contributed by atoms with E-state index in [-0.39, 0.29) is 18.2 Å². The highest BCUT2D eigenvalue weighted by Gasteiger charge is 2.20. The van der Waals surface area contributed by atoms with Crippen LogP contribution in [-0.2, 0) is 9.59 Å². The molecule has 0 heterocycles. The van der Waals surface area contributed by atoms with Crippen LogP contribution in [0.4, 0.5) is 0 Å². The lowest BCUT2D eigenvalue weighted by Crippen LogP contribution is -2.30. The Kier molecular flexibility index (Phi) is 7.21. The highest BCUT2D eigenvalue weighted by molar-refractivity contribution is 5.78. The Morgan fingerprint density at radius 3 is 2.23 bits per heavy atom. The lowest BCUT2D eigenvalue weighted by atomic mass is 9.97. The molecule has 0 spiro atoms. The van der Waals surface area contributed by atoms with E-state index in [0.29, 0.717) is 18.8 Å². The number of carboxylic acid groups (broad SMARTS) is 1. The zero-order valence-corrected chi connectivity index (χ0v) is 15.1. The van der Waals surface area contributed by atoms with Crippen molar-refractivity contribution in [3.05, 3.63) is 65.7 Å². The van der Waals surface area contributed by atoms with Gasteiger partial charge in [-0.3, -0.25) is 9.59 Å². The molecule has 2 aromatic carbocycles. The van der Waals surface area contributed by atoms with Gasteiger partial charge in [-0.15, -0.1) is 0 Å². The van der Waals surface area contributed by atoms with Crippen LogP contribution in [-0.4, -0.2) is 23.6 Å². The summed E-state index contributed by atoms with van der Waals surface area (Å²) in [6.45, 7) is 4.44. The number of carbonyl (C=O) groups excluding carboxylic acids is 1. The van der Waals surface area contributed by atoms with E-state index in [1.165, 1.54) is 0 Å². The average Bonchev–Trinajstić information content (AvgIpc) is 2.62. The highest BCUT2D eigenvalue weighted by atomic mass is 16.5. The molecule has 0 fully saturated rings. The van der Waals surface area contributed by atoms with Crippen LogP contribution in [0.3, 0.4) is 0 Å². The maximum atomic E-state index is 12.4. The first kappa shape index (κ1) is 19.5. The maximum absolute atomic E-state index is 12.4. The second-order valence-electron chi connectivity index (χ2n) is 6.24. The number of amides is 1. The third kappa shape index (κ3) is 5.92. The molecule has 0 aliphatic rings. The zero-order chi connectivity index (χ0) is 18.9. The first-order valence-corrected chi connectivity index (χ1v) is 8.78. The van der Waals surface area contributed by atoms with Gasteiger partial charge in [0.25, 0.3) is 0 Å². The van der Waals surface area contributed by atoms with Crippen molar-refractivity contribution in [3.8, 4) is 5.75 Å². The molecule has 26 heavy (non-hydrogen) atoms. The lowest BCUT2D eigenvalue weighted by molar-refractivity contribution is -0.137. The van der Waals surface area contributed by atoms with Crippen molar-refractivity contribution < 1.29 is 19.4 Å². The molecule has 0 aromatic heterocycles. The smallest absolute Gasteiger partial charge is 0.305 e. The van der Waals surface area contributed by atoms with Crippen molar-refractivity contribution in [1.29, 1.82) is 0 Å². The third-order valence-electron chi connectivity index (χ3n) is 4.17. The second-order valence-corrected chi connectivity index (χ2v) is 6.24. The molecule has 2 atom stereocenters. The number of ether oxygens (including phenoxy) is 1. The quantitative estimate of drug-likeness (QED) is 0.715. The van der Waals surface area contributed by atoms with E-state index in [1.807, 2.05) is 44.2 Å². The van der Waals surface area contributed by atoms with Gasteiger partial charge in [0.05, 0.1) is 19.1 Å². The molecule has 5 heteroatoms. The maximum Gasteiger partial charge on any atom is 0.305 e. The normalized spacial score (nSPS) is 12.8. The number of nitrogens with one attached hydrogen (secondary N) is 1. The molecule has 0 saturated heterocycles. The summed E-state index contributed by atoms with van der Waals surface area (Å²) in [5.41, 5.74) is 1.83. The summed E-state index contributed by atoms with van der Waals surface area (Å²) in [6.07, 6.45) is 0.136. The third-order valence-corrected chi connectivity index (χ3v) is 4.17. The summed E-state index contributed by atoms with van der Waals surface area (Å²) in [4.78, 5) is 23.6. The van der Waals surface area contributed by atoms with Crippen molar-refractivity contribution in [3.63, 3.8) is 0 Å². The fourth-order valence-electron chi connectivity index (χ4n) is 2.82. The molecule has 5 nitrogen and oxygen atoms in total. The lowest BCUT2D eigenvalue weighted by Gasteiger charge is -2.19. The average molecular weight is 355 g/mol. The van der Waals surface area contributed by atoms with E-state index in [4.69, 9.17) is 4.74 Å². The topological polar surface area (TPSA) is 75.6 Å². The Balaban J connectivity index is 2.04. The number of hydrogen-bond acceptors (Lipinski definition) is 3. The number of hydrogen-bond donors (Lipinski definition) is 2. The van der Waals surface area contributed by atoms with Crippen LogP contribution < -0.4 is 10.1 Å². The van der Waals surface area contributed by atoms with Gasteiger partial charge in [-0.25, -0.2) is 0 Å². The molecular formula is C21H25NO4. The molecule has 0 saturated carbocycles. The molecule has 1 amide bonds. The molecule has 0 aliphatic heterocycles. The molecule has 0 unspecified atom stereocenters. The Labute approximate surface area is 154 Å². The minimum atomic E-state index is -0.958. The van der Waals surface area contributed by atoms with Gasteiger partial charge < -0.3 is 15.2 Å². The Morgan fingerprint density at radius 1 is 1.00 bits per heavy atom. The van der Waals surface area contributed by atoms with Crippen molar-refractivity contribution in [2.24, 2.45) is 0 Å². The summed E-state index contributed by atoms with van der Waals surface area (Å²) >= 11 is 0. The van der Waals surface area contributed by atoms with Gasteiger partial charge in [0.15, 0.2) is 0 Å².